The number of hydrogen-bond acceptors (Lipinski definition) is 4. The molecule has 0 heterocycles. The lowest BCUT2D eigenvalue weighted by Crippen LogP contribution is -2.10. The fourth-order valence-electron chi connectivity index (χ4n) is 1.86. The number of nitriles is 1. The first-order valence-corrected chi connectivity index (χ1v) is 7.42. The summed E-state index contributed by atoms with van der Waals surface area (Å²) in [7, 11) is 0. The molecule has 0 aromatic heterocycles. The van der Waals surface area contributed by atoms with Crippen LogP contribution in [-0.4, -0.2) is 18.2 Å². The third kappa shape index (κ3) is 5.46. The van der Waals surface area contributed by atoms with Crippen LogP contribution in [0.4, 0.5) is 0 Å². The second kappa shape index (κ2) is 8.57. The van der Waals surface area contributed by atoms with Crippen LogP contribution in [0.5, 0.6) is 11.5 Å². The number of para-hydroxylation sites is 1. The van der Waals surface area contributed by atoms with E-state index in [0.29, 0.717) is 19.0 Å². The maximum Gasteiger partial charge on any atom is 0.122 e. The number of nitrogens with zero attached hydrogens (tertiary/aromatic N) is 1. The average Bonchev–Trinajstić information content (AvgIpc) is 2.57. The van der Waals surface area contributed by atoms with E-state index in [1.165, 1.54) is 0 Å². The molecule has 0 aliphatic carbocycles. The Kier molecular flexibility index (Phi) is 6.16. The summed E-state index contributed by atoms with van der Waals surface area (Å²) in [4.78, 5) is 0.0788. The Morgan fingerprint density at radius 3 is 2.35 bits per heavy atom. The molecule has 0 aliphatic rings. The number of ether oxygens (including phenoxy) is 2. The van der Waals surface area contributed by atoms with Crippen molar-refractivity contribution in [3.05, 3.63) is 65.7 Å². The minimum atomic E-state index is 0.0788. The monoisotopic (exact) mass is 324 g/mol. The van der Waals surface area contributed by atoms with Gasteiger partial charge in [-0.3, -0.25) is 0 Å². The Bertz CT molecular complexity index is 736. The molecule has 116 valence electrons. The lowest BCUT2D eigenvalue weighted by atomic mass is 10.1. The van der Waals surface area contributed by atoms with Gasteiger partial charge in [0.1, 0.15) is 35.8 Å². The van der Waals surface area contributed by atoms with Crippen LogP contribution in [0.1, 0.15) is 5.56 Å². The van der Waals surface area contributed by atoms with Gasteiger partial charge in [-0.05, 0) is 35.9 Å². The van der Waals surface area contributed by atoms with Crippen LogP contribution in [0.3, 0.4) is 0 Å². The molecule has 2 rings (SSSR count). The van der Waals surface area contributed by atoms with E-state index in [0.717, 1.165) is 11.3 Å². The molecule has 2 N–H and O–H groups in total. The van der Waals surface area contributed by atoms with Gasteiger partial charge in [0, 0.05) is 0 Å². The smallest absolute Gasteiger partial charge is 0.122 e. The van der Waals surface area contributed by atoms with Gasteiger partial charge in [0.2, 0.25) is 0 Å². The highest BCUT2D eigenvalue weighted by molar-refractivity contribution is 7.80. The lowest BCUT2D eigenvalue weighted by molar-refractivity contribution is 0.217. The summed E-state index contributed by atoms with van der Waals surface area (Å²) in [6.45, 7) is 0.864. The number of benzene rings is 2. The van der Waals surface area contributed by atoms with E-state index in [2.05, 4.69) is 0 Å². The molecule has 0 spiro atoms. The van der Waals surface area contributed by atoms with Crippen molar-refractivity contribution < 1.29 is 9.47 Å². The quantitative estimate of drug-likeness (QED) is 0.366. The van der Waals surface area contributed by atoms with Crippen LogP contribution >= 0.6 is 12.2 Å². The molecule has 2 aromatic carbocycles. The number of thiocarbonyl (C=S) groups is 1. The molecule has 0 aliphatic heterocycles. The van der Waals surface area contributed by atoms with Crippen LogP contribution in [0.25, 0.3) is 6.08 Å². The Labute approximate surface area is 140 Å². The van der Waals surface area contributed by atoms with Crippen molar-refractivity contribution in [3.8, 4) is 17.6 Å². The minimum Gasteiger partial charge on any atom is -0.490 e. The molecule has 2 aromatic rings. The van der Waals surface area contributed by atoms with Crippen molar-refractivity contribution in [1.82, 2.24) is 0 Å². The van der Waals surface area contributed by atoms with E-state index < -0.39 is 0 Å². The van der Waals surface area contributed by atoms with E-state index in [1.807, 2.05) is 60.7 Å². The Balaban J connectivity index is 1.90. The molecule has 4 nitrogen and oxygen atoms in total. The van der Waals surface area contributed by atoms with E-state index in [-0.39, 0.29) is 10.6 Å². The predicted octanol–water partition coefficient (Wildman–Crippen LogP) is 3.34. The summed E-state index contributed by atoms with van der Waals surface area (Å²) in [6.07, 6.45) is 1.63. The summed E-state index contributed by atoms with van der Waals surface area (Å²) in [6, 6.07) is 18.9. The molecule has 0 atom stereocenters. The highest BCUT2D eigenvalue weighted by Gasteiger charge is 2.01. The molecule has 0 bridgehead atoms. The molecule has 0 fully saturated rings. The maximum absolute atomic E-state index is 8.98. The van der Waals surface area contributed by atoms with Crippen molar-refractivity contribution in [2.75, 3.05) is 13.2 Å². The average molecular weight is 324 g/mol. The van der Waals surface area contributed by atoms with Gasteiger partial charge in [0.15, 0.2) is 0 Å². The first-order chi connectivity index (χ1) is 11.2. The van der Waals surface area contributed by atoms with Gasteiger partial charge in [0.25, 0.3) is 0 Å². The number of hydrogen-bond donors (Lipinski definition) is 1. The molecular weight excluding hydrogens is 308 g/mol. The summed E-state index contributed by atoms with van der Waals surface area (Å²) in [5, 5.41) is 8.98. The second-order valence-electron chi connectivity index (χ2n) is 4.62. The highest BCUT2D eigenvalue weighted by atomic mass is 32.1. The van der Waals surface area contributed by atoms with Gasteiger partial charge in [0.05, 0.1) is 5.57 Å². The van der Waals surface area contributed by atoms with E-state index in [4.69, 9.17) is 32.7 Å². The fraction of sp³-hybridized carbons (Fsp3) is 0.111. The predicted molar refractivity (Wildman–Crippen MR) is 94.2 cm³/mol. The standard InChI is InChI=1S/C18H16N2O2S/c19-13-15(18(20)23)11-14-5-4-8-17(12-14)22-10-9-21-16-6-2-1-3-7-16/h1-8,11-12H,9-10H2,(H2,20,23)/b15-11+. The number of rotatable bonds is 7. The van der Waals surface area contributed by atoms with Crippen LogP contribution in [0, 0.1) is 11.3 Å². The van der Waals surface area contributed by atoms with Crippen molar-refractivity contribution in [1.29, 1.82) is 5.26 Å². The first-order valence-electron chi connectivity index (χ1n) is 7.01. The molecule has 0 unspecified atom stereocenters. The SMILES string of the molecule is N#C/C(=C\c1cccc(OCCOc2ccccc2)c1)C(N)=S. The topological polar surface area (TPSA) is 68.3 Å². The highest BCUT2D eigenvalue weighted by Crippen LogP contribution is 2.16. The fourth-order valence-corrected chi connectivity index (χ4v) is 1.96. The van der Waals surface area contributed by atoms with Gasteiger partial charge in [-0.2, -0.15) is 5.26 Å². The molecule has 0 saturated carbocycles. The summed E-state index contributed by atoms with van der Waals surface area (Å²) in [5.41, 5.74) is 6.55. The normalized spacial score (nSPS) is 10.7. The molecule has 23 heavy (non-hydrogen) atoms. The van der Waals surface area contributed by atoms with E-state index in [9.17, 15) is 0 Å². The Morgan fingerprint density at radius 2 is 1.70 bits per heavy atom. The third-order valence-corrected chi connectivity index (χ3v) is 3.14. The van der Waals surface area contributed by atoms with Gasteiger partial charge in [-0.1, -0.05) is 42.5 Å². The summed E-state index contributed by atoms with van der Waals surface area (Å²) >= 11 is 4.82. The summed E-state index contributed by atoms with van der Waals surface area (Å²) < 4.78 is 11.2. The van der Waals surface area contributed by atoms with Crippen LogP contribution in [-0.2, 0) is 0 Å². The molecule has 0 amide bonds. The summed E-state index contributed by atoms with van der Waals surface area (Å²) in [5.74, 6) is 1.50. The lowest BCUT2D eigenvalue weighted by Gasteiger charge is -2.09. The zero-order chi connectivity index (χ0) is 16.5. The largest absolute Gasteiger partial charge is 0.490 e. The number of nitrogens with two attached hydrogens (primary N) is 1. The van der Waals surface area contributed by atoms with Gasteiger partial charge in [-0.25, -0.2) is 0 Å². The molecular formula is C18H16N2O2S. The Hall–Kier alpha value is -2.84. The van der Waals surface area contributed by atoms with Gasteiger partial charge in [-0.15, -0.1) is 0 Å². The van der Waals surface area contributed by atoms with Crippen molar-refractivity contribution in [2.45, 2.75) is 0 Å². The second-order valence-corrected chi connectivity index (χ2v) is 5.06. The molecule has 5 heteroatoms. The minimum absolute atomic E-state index is 0.0788. The van der Waals surface area contributed by atoms with Crippen LogP contribution in [0.2, 0.25) is 0 Å². The Morgan fingerprint density at radius 1 is 1.04 bits per heavy atom. The van der Waals surface area contributed by atoms with E-state index >= 15 is 0 Å². The molecule has 0 saturated heterocycles. The maximum atomic E-state index is 8.98. The zero-order valence-electron chi connectivity index (χ0n) is 12.4. The van der Waals surface area contributed by atoms with E-state index in [1.54, 1.807) is 6.08 Å². The van der Waals surface area contributed by atoms with Crippen LogP contribution in [0.15, 0.2) is 60.2 Å². The third-order valence-electron chi connectivity index (χ3n) is 2.92. The van der Waals surface area contributed by atoms with Gasteiger partial charge < -0.3 is 15.2 Å². The van der Waals surface area contributed by atoms with Gasteiger partial charge >= 0.3 is 0 Å². The van der Waals surface area contributed by atoms with Crippen molar-refractivity contribution in [2.24, 2.45) is 5.73 Å². The van der Waals surface area contributed by atoms with Crippen LogP contribution < -0.4 is 15.2 Å². The zero-order valence-corrected chi connectivity index (χ0v) is 13.3. The molecule has 0 radical (unpaired) electrons. The van der Waals surface area contributed by atoms with Crippen molar-refractivity contribution in [3.63, 3.8) is 0 Å². The first kappa shape index (κ1) is 16.5. The van der Waals surface area contributed by atoms with Crippen molar-refractivity contribution >= 4 is 23.3 Å².